The summed E-state index contributed by atoms with van der Waals surface area (Å²) >= 11 is 0. The van der Waals surface area contributed by atoms with E-state index in [-0.39, 0.29) is 5.75 Å². The fourth-order valence-electron chi connectivity index (χ4n) is 1.97. The van der Waals surface area contributed by atoms with Gasteiger partial charge in [-0.2, -0.15) is 8.78 Å². The average molecular weight is 281 g/mol. The molecule has 0 aliphatic heterocycles. The second kappa shape index (κ2) is 6.84. The molecular weight excluding hydrogens is 260 g/mol. The Labute approximate surface area is 118 Å². The Kier molecular flexibility index (Phi) is 5.12. The van der Waals surface area contributed by atoms with Crippen LogP contribution in [0.15, 0.2) is 29.8 Å². The van der Waals surface area contributed by atoms with Gasteiger partial charge in [-0.05, 0) is 24.8 Å². The first-order chi connectivity index (χ1) is 9.56. The summed E-state index contributed by atoms with van der Waals surface area (Å²) in [6.07, 6.45) is 4.42. The molecule has 0 atom stereocenters. The van der Waals surface area contributed by atoms with Crippen LogP contribution in [0.5, 0.6) is 5.75 Å². The summed E-state index contributed by atoms with van der Waals surface area (Å²) in [5, 5.41) is 3.46. The van der Waals surface area contributed by atoms with E-state index in [1.54, 1.807) is 18.2 Å². The Morgan fingerprint density at radius 3 is 2.65 bits per heavy atom. The van der Waals surface area contributed by atoms with Gasteiger partial charge in [0.05, 0.1) is 0 Å². The van der Waals surface area contributed by atoms with Crippen molar-refractivity contribution in [1.29, 1.82) is 0 Å². The van der Waals surface area contributed by atoms with Crippen LogP contribution in [0.25, 0.3) is 6.08 Å². The second-order valence-electron chi connectivity index (χ2n) is 5.45. The predicted octanol–water partition coefficient (Wildman–Crippen LogP) is 4.08. The minimum absolute atomic E-state index is 0.229. The highest BCUT2D eigenvalue weighted by Crippen LogP contribution is 2.25. The van der Waals surface area contributed by atoms with Gasteiger partial charge in [-0.1, -0.05) is 43.7 Å². The predicted molar refractivity (Wildman–Crippen MR) is 76.9 cm³/mol. The van der Waals surface area contributed by atoms with Crippen molar-refractivity contribution in [2.45, 2.75) is 39.3 Å². The van der Waals surface area contributed by atoms with Gasteiger partial charge in [0.25, 0.3) is 0 Å². The summed E-state index contributed by atoms with van der Waals surface area (Å²) < 4.78 is 29.4. The third-order valence-corrected chi connectivity index (χ3v) is 3.39. The van der Waals surface area contributed by atoms with Crippen molar-refractivity contribution < 1.29 is 13.5 Å². The number of halogens is 2. The Morgan fingerprint density at radius 2 is 2.05 bits per heavy atom. The number of ether oxygens (including phenoxy) is 1. The van der Waals surface area contributed by atoms with Gasteiger partial charge < -0.3 is 10.1 Å². The van der Waals surface area contributed by atoms with Gasteiger partial charge in [0, 0.05) is 18.2 Å². The molecule has 0 aromatic heterocycles. The maximum absolute atomic E-state index is 12.4. The Bertz CT molecular complexity index is 467. The molecule has 4 heteroatoms. The molecule has 0 radical (unpaired) electrons. The van der Waals surface area contributed by atoms with Crippen molar-refractivity contribution in [1.82, 2.24) is 5.32 Å². The molecule has 0 bridgehead atoms. The lowest BCUT2D eigenvalue weighted by Crippen LogP contribution is -2.21. The van der Waals surface area contributed by atoms with Crippen molar-refractivity contribution in [3.05, 3.63) is 35.4 Å². The first-order valence-corrected chi connectivity index (χ1v) is 7.04. The molecule has 1 N–H and O–H groups in total. The highest BCUT2D eigenvalue weighted by Gasteiger charge is 2.21. The van der Waals surface area contributed by atoms with E-state index in [0.29, 0.717) is 17.5 Å². The normalized spacial score (nSPS) is 16.0. The molecule has 1 fully saturated rings. The zero-order valence-electron chi connectivity index (χ0n) is 11.9. The average Bonchev–Trinajstić information content (AvgIpc) is 3.19. The molecule has 0 saturated heterocycles. The smallest absolute Gasteiger partial charge is 0.387 e. The number of hydrogen-bond donors (Lipinski definition) is 1. The van der Waals surface area contributed by atoms with Gasteiger partial charge in [-0.25, -0.2) is 0 Å². The van der Waals surface area contributed by atoms with Crippen LogP contribution in [-0.4, -0.2) is 19.2 Å². The van der Waals surface area contributed by atoms with Crippen molar-refractivity contribution in [2.24, 2.45) is 5.92 Å². The van der Waals surface area contributed by atoms with E-state index in [2.05, 4.69) is 23.9 Å². The maximum atomic E-state index is 12.4. The molecule has 0 amide bonds. The lowest BCUT2D eigenvalue weighted by molar-refractivity contribution is -0.0499. The summed E-state index contributed by atoms with van der Waals surface area (Å²) in [7, 11) is 0. The topological polar surface area (TPSA) is 21.3 Å². The maximum Gasteiger partial charge on any atom is 0.387 e. The molecule has 1 saturated carbocycles. The SMILES string of the molecule is CC(C)C(=Cc1ccccc1OC(F)F)CNC1CC1. The largest absolute Gasteiger partial charge is 0.434 e. The summed E-state index contributed by atoms with van der Waals surface area (Å²) in [5.74, 6) is 0.591. The van der Waals surface area contributed by atoms with E-state index in [0.717, 1.165) is 6.54 Å². The van der Waals surface area contributed by atoms with E-state index in [9.17, 15) is 8.78 Å². The van der Waals surface area contributed by atoms with E-state index < -0.39 is 6.61 Å². The zero-order chi connectivity index (χ0) is 14.5. The molecule has 2 rings (SSSR count). The number of rotatable bonds is 7. The highest BCUT2D eigenvalue weighted by molar-refractivity contribution is 5.60. The van der Waals surface area contributed by atoms with Gasteiger partial charge in [0.1, 0.15) is 5.75 Å². The van der Waals surface area contributed by atoms with Gasteiger partial charge in [-0.15, -0.1) is 0 Å². The quantitative estimate of drug-likeness (QED) is 0.813. The first-order valence-electron chi connectivity index (χ1n) is 7.04. The number of nitrogens with one attached hydrogen (secondary N) is 1. The summed E-state index contributed by atoms with van der Waals surface area (Å²) in [6.45, 7) is 2.22. The fraction of sp³-hybridized carbons (Fsp3) is 0.500. The third kappa shape index (κ3) is 4.60. The molecule has 0 heterocycles. The fourth-order valence-corrected chi connectivity index (χ4v) is 1.97. The Hall–Kier alpha value is -1.42. The van der Waals surface area contributed by atoms with Crippen molar-refractivity contribution in [2.75, 3.05) is 6.54 Å². The van der Waals surface area contributed by atoms with E-state index in [1.807, 2.05) is 12.1 Å². The van der Waals surface area contributed by atoms with Crippen LogP contribution in [0.3, 0.4) is 0 Å². The minimum atomic E-state index is -2.79. The summed E-state index contributed by atoms with van der Waals surface area (Å²) in [6, 6.07) is 7.54. The molecule has 2 nitrogen and oxygen atoms in total. The van der Waals surface area contributed by atoms with Gasteiger partial charge in [0.2, 0.25) is 0 Å². The standard InChI is InChI=1S/C16H21F2NO/c1-11(2)13(10-19-14-7-8-14)9-12-5-3-4-6-15(12)20-16(17)18/h3-6,9,11,14,16,19H,7-8,10H2,1-2H3. The van der Waals surface area contributed by atoms with E-state index >= 15 is 0 Å². The lowest BCUT2D eigenvalue weighted by atomic mass is 10.00. The van der Waals surface area contributed by atoms with Crippen LogP contribution in [0, 0.1) is 5.92 Å². The van der Waals surface area contributed by atoms with Crippen LogP contribution in [0.4, 0.5) is 8.78 Å². The third-order valence-electron chi connectivity index (χ3n) is 3.39. The van der Waals surface area contributed by atoms with Crippen LogP contribution in [0.2, 0.25) is 0 Å². The highest BCUT2D eigenvalue weighted by atomic mass is 19.3. The van der Waals surface area contributed by atoms with Crippen LogP contribution < -0.4 is 10.1 Å². The van der Waals surface area contributed by atoms with Gasteiger partial charge >= 0.3 is 6.61 Å². The molecule has 1 aromatic carbocycles. The lowest BCUT2D eigenvalue weighted by Gasteiger charge is -2.14. The number of alkyl halides is 2. The Balaban J connectivity index is 2.15. The number of benzene rings is 1. The monoisotopic (exact) mass is 281 g/mol. The summed E-state index contributed by atoms with van der Waals surface area (Å²) in [4.78, 5) is 0. The number of hydrogen-bond acceptors (Lipinski definition) is 2. The van der Waals surface area contributed by atoms with Crippen LogP contribution >= 0.6 is 0 Å². The van der Waals surface area contributed by atoms with Crippen LogP contribution in [0.1, 0.15) is 32.3 Å². The Morgan fingerprint density at radius 1 is 1.35 bits per heavy atom. The molecule has 0 unspecified atom stereocenters. The van der Waals surface area contributed by atoms with Crippen molar-refractivity contribution in [3.8, 4) is 5.75 Å². The second-order valence-corrected chi connectivity index (χ2v) is 5.45. The molecule has 1 aliphatic carbocycles. The molecule has 1 aliphatic rings. The first kappa shape index (κ1) is 15.0. The van der Waals surface area contributed by atoms with E-state index in [4.69, 9.17) is 0 Å². The molecule has 20 heavy (non-hydrogen) atoms. The minimum Gasteiger partial charge on any atom is -0.434 e. The number of para-hydroxylation sites is 1. The molecule has 1 aromatic rings. The molecule has 110 valence electrons. The van der Waals surface area contributed by atoms with Crippen molar-refractivity contribution in [3.63, 3.8) is 0 Å². The van der Waals surface area contributed by atoms with Gasteiger partial charge in [-0.3, -0.25) is 0 Å². The summed E-state index contributed by atoms with van der Waals surface area (Å²) in [5.41, 5.74) is 1.90. The molecular formula is C16H21F2NO. The zero-order valence-corrected chi connectivity index (χ0v) is 11.9. The van der Waals surface area contributed by atoms with Gasteiger partial charge in [0.15, 0.2) is 0 Å². The van der Waals surface area contributed by atoms with E-state index in [1.165, 1.54) is 18.4 Å². The van der Waals surface area contributed by atoms with Crippen molar-refractivity contribution >= 4 is 6.08 Å². The molecule has 0 spiro atoms. The van der Waals surface area contributed by atoms with Crippen LogP contribution in [-0.2, 0) is 0 Å².